The Labute approximate surface area is 131 Å². The number of methoxy groups -OCH3 is 1. The number of allylic oxidation sites excluding steroid dienone is 3. The second-order valence-electron chi connectivity index (χ2n) is 4.97. The normalized spacial score (nSPS) is 19.1. The van der Waals surface area contributed by atoms with E-state index in [-0.39, 0.29) is 5.92 Å². The monoisotopic (exact) mass is 320 g/mol. The van der Waals surface area contributed by atoms with Gasteiger partial charge in [0.25, 0.3) is 6.43 Å². The Kier molecular flexibility index (Phi) is 4.10. The molecule has 120 valence electrons. The Morgan fingerprint density at radius 2 is 2.13 bits per heavy atom. The molecule has 0 fully saturated rings. The van der Waals surface area contributed by atoms with Crippen LogP contribution in [0.4, 0.5) is 13.6 Å². The number of carbonyl (C=O) groups is 1. The highest BCUT2D eigenvalue weighted by Crippen LogP contribution is 2.39. The Morgan fingerprint density at radius 1 is 1.35 bits per heavy atom. The van der Waals surface area contributed by atoms with Gasteiger partial charge in [0.1, 0.15) is 18.1 Å². The Hall–Kier alpha value is -2.70. The molecule has 3 rings (SSSR count). The van der Waals surface area contributed by atoms with Gasteiger partial charge in [-0.1, -0.05) is 12.1 Å². The van der Waals surface area contributed by atoms with Gasteiger partial charge in [-0.25, -0.2) is 13.6 Å². The van der Waals surface area contributed by atoms with E-state index in [0.29, 0.717) is 28.5 Å². The highest BCUT2D eigenvalue weighted by Gasteiger charge is 2.26. The van der Waals surface area contributed by atoms with Gasteiger partial charge in [0.15, 0.2) is 0 Å². The molecule has 1 aromatic rings. The molecule has 0 radical (unpaired) electrons. The fraction of sp³-hybridized carbons (Fsp3) is 0.250. The van der Waals surface area contributed by atoms with Gasteiger partial charge in [-0.3, -0.25) is 0 Å². The van der Waals surface area contributed by atoms with Crippen LogP contribution in [0.5, 0.6) is 11.5 Å². The number of ether oxygens (including phenoxy) is 2. The van der Waals surface area contributed by atoms with E-state index >= 15 is 0 Å². The number of rotatable bonds is 5. The summed E-state index contributed by atoms with van der Waals surface area (Å²) in [5, 5.41) is 2.63. The lowest BCUT2D eigenvalue weighted by molar-refractivity contribution is 0.0812. The third kappa shape index (κ3) is 3.08. The standard InChI is InChI=1S/C16H14F2N2O3/c1-22-12-3-2-4-13(23-8-14(17)18)15(12)9-5-6-10-11(7-9)20-16(21)19-10/h2-7,9,14H,8H2,1H3,(H,20,21). The number of halogens is 2. The molecular formula is C16H14F2N2O3. The third-order valence-electron chi connectivity index (χ3n) is 3.49. The fourth-order valence-corrected chi connectivity index (χ4v) is 2.55. The molecule has 1 aromatic carbocycles. The SMILES string of the molecule is COc1cccc(OCC(F)F)c1C1C=CC2=NC(=O)NC2=C1. The van der Waals surface area contributed by atoms with Crippen molar-refractivity contribution in [2.45, 2.75) is 12.3 Å². The fourth-order valence-electron chi connectivity index (χ4n) is 2.55. The zero-order valence-electron chi connectivity index (χ0n) is 12.3. The predicted molar refractivity (Wildman–Crippen MR) is 80.4 cm³/mol. The molecule has 0 saturated heterocycles. The van der Waals surface area contributed by atoms with Crippen molar-refractivity contribution in [3.05, 3.63) is 47.7 Å². The molecule has 0 aromatic heterocycles. The molecular weight excluding hydrogens is 306 g/mol. The van der Waals surface area contributed by atoms with E-state index in [0.717, 1.165) is 0 Å². The van der Waals surface area contributed by atoms with Gasteiger partial charge in [-0.05, 0) is 24.3 Å². The number of nitrogens with zero attached hydrogens (tertiary/aromatic N) is 1. The predicted octanol–water partition coefficient (Wildman–Crippen LogP) is 3.04. The zero-order chi connectivity index (χ0) is 16.4. The minimum absolute atomic E-state index is 0.286. The third-order valence-corrected chi connectivity index (χ3v) is 3.49. The van der Waals surface area contributed by atoms with Crippen LogP contribution in [-0.2, 0) is 0 Å². The molecule has 2 aliphatic rings. The van der Waals surface area contributed by atoms with Crippen molar-refractivity contribution >= 4 is 11.7 Å². The number of fused-ring (bicyclic) bond motifs is 1. The van der Waals surface area contributed by atoms with E-state index in [1.807, 2.05) is 6.08 Å². The maximum atomic E-state index is 12.5. The van der Waals surface area contributed by atoms with Gasteiger partial charge in [0, 0.05) is 11.5 Å². The Balaban J connectivity index is 1.97. The minimum atomic E-state index is -2.57. The first kappa shape index (κ1) is 15.2. The van der Waals surface area contributed by atoms with Gasteiger partial charge in [-0.2, -0.15) is 4.99 Å². The maximum Gasteiger partial charge on any atom is 0.346 e. The number of urea groups is 1. The number of benzene rings is 1. The molecule has 0 spiro atoms. The summed E-state index contributed by atoms with van der Waals surface area (Å²) in [6.07, 6.45) is 2.75. The summed E-state index contributed by atoms with van der Waals surface area (Å²) in [6.45, 7) is -0.698. The summed E-state index contributed by atoms with van der Waals surface area (Å²) in [5.41, 5.74) is 1.77. The first-order valence-corrected chi connectivity index (χ1v) is 6.96. The quantitative estimate of drug-likeness (QED) is 0.907. The van der Waals surface area contributed by atoms with E-state index in [9.17, 15) is 13.6 Å². The lowest BCUT2D eigenvalue weighted by Crippen LogP contribution is -2.17. The van der Waals surface area contributed by atoms with E-state index < -0.39 is 19.1 Å². The van der Waals surface area contributed by atoms with Crippen molar-refractivity contribution in [1.82, 2.24) is 5.32 Å². The molecule has 1 aliphatic carbocycles. The molecule has 1 unspecified atom stereocenters. The molecule has 1 aliphatic heterocycles. The average molecular weight is 320 g/mol. The largest absolute Gasteiger partial charge is 0.496 e. The van der Waals surface area contributed by atoms with Gasteiger partial charge < -0.3 is 14.8 Å². The summed E-state index contributed by atoms with van der Waals surface area (Å²) in [6, 6.07) is 4.59. The van der Waals surface area contributed by atoms with Gasteiger partial charge in [0.2, 0.25) is 0 Å². The van der Waals surface area contributed by atoms with E-state index in [4.69, 9.17) is 9.47 Å². The van der Waals surface area contributed by atoms with Crippen molar-refractivity contribution in [3.8, 4) is 11.5 Å². The van der Waals surface area contributed by atoms with Gasteiger partial charge in [-0.15, -0.1) is 0 Å². The molecule has 5 nitrogen and oxygen atoms in total. The molecule has 2 amide bonds. The van der Waals surface area contributed by atoms with E-state index in [2.05, 4.69) is 10.3 Å². The topological polar surface area (TPSA) is 59.9 Å². The van der Waals surface area contributed by atoms with Crippen LogP contribution in [0, 0.1) is 0 Å². The van der Waals surface area contributed by atoms with Crippen LogP contribution in [0.25, 0.3) is 0 Å². The summed E-state index contributed by atoms with van der Waals surface area (Å²) < 4.78 is 35.4. The van der Waals surface area contributed by atoms with Crippen LogP contribution in [0.1, 0.15) is 11.5 Å². The molecule has 23 heavy (non-hydrogen) atoms. The van der Waals surface area contributed by atoms with E-state index in [1.165, 1.54) is 7.11 Å². The summed E-state index contributed by atoms with van der Waals surface area (Å²) >= 11 is 0. The Morgan fingerprint density at radius 3 is 2.87 bits per heavy atom. The number of nitrogens with one attached hydrogen (secondary N) is 1. The zero-order valence-corrected chi connectivity index (χ0v) is 12.3. The van der Waals surface area contributed by atoms with Crippen LogP contribution in [0.2, 0.25) is 0 Å². The molecule has 7 heteroatoms. The van der Waals surface area contributed by atoms with Crippen LogP contribution in [-0.4, -0.2) is 31.9 Å². The highest BCUT2D eigenvalue weighted by atomic mass is 19.3. The minimum Gasteiger partial charge on any atom is -0.496 e. The molecule has 1 heterocycles. The maximum absolute atomic E-state index is 12.5. The van der Waals surface area contributed by atoms with Crippen molar-refractivity contribution < 1.29 is 23.0 Å². The molecule has 0 bridgehead atoms. The van der Waals surface area contributed by atoms with E-state index in [1.54, 1.807) is 30.4 Å². The van der Waals surface area contributed by atoms with Crippen LogP contribution >= 0.6 is 0 Å². The number of carbonyl (C=O) groups excluding carboxylic acids is 1. The van der Waals surface area contributed by atoms with Crippen molar-refractivity contribution in [2.75, 3.05) is 13.7 Å². The number of amides is 2. The van der Waals surface area contributed by atoms with Crippen molar-refractivity contribution in [3.63, 3.8) is 0 Å². The first-order chi connectivity index (χ1) is 11.1. The van der Waals surface area contributed by atoms with Crippen LogP contribution in [0.3, 0.4) is 0 Å². The second-order valence-corrected chi connectivity index (χ2v) is 4.97. The van der Waals surface area contributed by atoms with Gasteiger partial charge >= 0.3 is 6.03 Å². The van der Waals surface area contributed by atoms with Crippen LogP contribution in [0.15, 0.2) is 47.1 Å². The number of alkyl halides is 2. The number of aliphatic imine (C=N–C) groups is 1. The number of hydrogen-bond donors (Lipinski definition) is 1. The Bertz CT molecular complexity index is 726. The smallest absolute Gasteiger partial charge is 0.346 e. The molecule has 1 atom stereocenters. The van der Waals surface area contributed by atoms with Gasteiger partial charge in [0.05, 0.1) is 18.5 Å². The molecule has 0 saturated carbocycles. The lowest BCUT2D eigenvalue weighted by atomic mass is 9.91. The van der Waals surface area contributed by atoms with Crippen LogP contribution < -0.4 is 14.8 Å². The lowest BCUT2D eigenvalue weighted by Gasteiger charge is -2.21. The van der Waals surface area contributed by atoms with Crippen molar-refractivity contribution in [2.24, 2.45) is 4.99 Å². The average Bonchev–Trinajstić information content (AvgIpc) is 2.91. The second kappa shape index (κ2) is 6.20. The summed E-state index contributed by atoms with van der Waals surface area (Å²) in [5.74, 6) is 0.556. The summed E-state index contributed by atoms with van der Waals surface area (Å²) in [7, 11) is 1.50. The first-order valence-electron chi connectivity index (χ1n) is 6.96. The highest BCUT2D eigenvalue weighted by molar-refractivity contribution is 6.19. The molecule has 1 N–H and O–H groups in total. The van der Waals surface area contributed by atoms with Crippen molar-refractivity contribution in [1.29, 1.82) is 0 Å². The number of hydrogen-bond acceptors (Lipinski definition) is 3. The summed E-state index contributed by atoms with van der Waals surface area (Å²) in [4.78, 5) is 15.1.